The maximum atomic E-state index is 13.3. The van der Waals surface area contributed by atoms with Gasteiger partial charge in [0.25, 0.3) is 0 Å². The van der Waals surface area contributed by atoms with E-state index in [4.69, 9.17) is 0 Å². The minimum atomic E-state index is -1.17. The topological polar surface area (TPSA) is 96.7 Å². The van der Waals surface area contributed by atoms with Crippen molar-refractivity contribution in [3.63, 3.8) is 0 Å². The number of benzene rings is 2. The SMILES string of the molecule is O=C(O)CN1C(=O)C2C3CC(C2C1=O)C1C(c2ccccc2)c2sc(=O)n(-c4ccccc4)c2SC31. The average molecular weight is 519 g/mol. The molecule has 2 aliphatic carbocycles. The molecule has 3 aromatic rings. The van der Waals surface area contributed by atoms with E-state index in [2.05, 4.69) is 12.1 Å². The zero-order chi connectivity index (χ0) is 24.7. The fourth-order valence-corrected chi connectivity index (χ4v) is 10.4. The highest BCUT2D eigenvalue weighted by Crippen LogP contribution is 2.68. The van der Waals surface area contributed by atoms with Gasteiger partial charge in [-0.25, -0.2) is 0 Å². The van der Waals surface area contributed by atoms with E-state index < -0.39 is 24.3 Å². The van der Waals surface area contributed by atoms with Crippen molar-refractivity contribution in [3.8, 4) is 5.69 Å². The number of aliphatic carboxylic acids is 1. The predicted molar refractivity (Wildman–Crippen MR) is 134 cm³/mol. The monoisotopic (exact) mass is 518 g/mol. The van der Waals surface area contributed by atoms with Crippen LogP contribution >= 0.6 is 23.1 Å². The summed E-state index contributed by atoms with van der Waals surface area (Å²) in [4.78, 5) is 53.2. The Morgan fingerprint density at radius 1 is 0.917 bits per heavy atom. The predicted octanol–water partition coefficient (Wildman–Crippen LogP) is 3.46. The summed E-state index contributed by atoms with van der Waals surface area (Å²) in [6.45, 7) is -0.574. The van der Waals surface area contributed by atoms with Crippen molar-refractivity contribution in [3.05, 3.63) is 80.8 Å². The molecule has 7 rings (SSSR count). The van der Waals surface area contributed by atoms with Gasteiger partial charge in [0.1, 0.15) is 6.54 Å². The molecule has 7 unspecified atom stereocenters. The van der Waals surface area contributed by atoms with Crippen LogP contribution in [0.15, 0.2) is 70.5 Å². The van der Waals surface area contributed by atoms with E-state index in [1.54, 1.807) is 16.3 Å². The van der Waals surface area contributed by atoms with Crippen molar-refractivity contribution in [1.82, 2.24) is 9.47 Å². The zero-order valence-electron chi connectivity index (χ0n) is 19.0. The minimum Gasteiger partial charge on any atom is -0.480 e. The Balaban J connectivity index is 1.38. The molecule has 2 aromatic carbocycles. The third-order valence-corrected chi connectivity index (χ3v) is 11.1. The fourth-order valence-electron chi connectivity index (χ4n) is 7.26. The van der Waals surface area contributed by atoms with Gasteiger partial charge in [-0.2, -0.15) is 0 Å². The van der Waals surface area contributed by atoms with Gasteiger partial charge < -0.3 is 5.11 Å². The second-order valence-corrected chi connectivity index (χ2v) is 12.2. The lowest BCUT2D eigenvalue weighted by Gasteiger charge is -2.43. The Kier molecular flexibility index (Phi) is 4.85. The summed E-state index contributed by atoms with van der Waals surface area (Å²) in [5.41, 5.74) is 1.93. The van der Waals surface area contributed by atoms with Gasteiger partial charge >= 0.3 is 10.8 Å². The van der Waals surface area contributed by atoms with E-state index in [0.29, 0.717) is 0 Å². The number of carbonyl (C=O) groups is 3. The number of fused-ring (bicyclic) bond motifs is 9. The second kappa shape index (κ2) is 7.91. The van der Waals surface area contributed by atoms with Crippen LogP contribution in [0.1, 0.15) is 22.8 Å². The van der Waals surface area contributed by atoms with Gasteiger partial charge in [0.05, 0.1) is 22.5 Å². The van der Waals surface area contributed by atoms with E-state index >= 15 is 0 Å². The van der Waals surface area contributed by atoms with Crippen molar-refractivity contribution in [1.29, 1.82) is 0 Å². The number of likely N-dealkylation sites (tertiary alicyclic amines) is 1. The Morgan fingerprint density at radius 2 is 1.56 bits per heavy atom. The molecule has 7 atom stereocenters. The van der Waals surface area contributed by atoms with Gasteiger partial charge in [-0.1, -0.05) is 59.9 Å². The number of hydrogen-bond donors (Lipinski definition) is 1. The van der Waals surface area contributed by atoms with Crippen LogP contribution in [0.5, 0.6) is 0 Å². The summed E-state index contributed by atoms with van der Waals surface area (Å²) in [6.07, 6.45) is 0.782. The van der Waals surface area contributed by atoms with Crippen LogP contribution in [0.4, 0.5) is 0 Å². The molecule has 0 spiro atoms. The normalized spacial score (nSPS) is 31.9. The largest absolute Gasteiger partial charge is 0.480 e. The first-order valence-corrected chi connectivity index (χ1v) is 13.7. The van der Waals surface area contributed by atoms with E-state index in [1.165, 1.54) is 11.3 Å². The van der Waals surface area contributed by atoms with Crippen LogP contribution in [-0.2, 0) is 14.4 Å². The summed E-state index contributed by atoms with van der Waals surface area (Å²) in [7, 11) is 0. The number of aromatic nitrogens is 1. The number of thioether (sulfide) groups is 1. The highest BCUT2D eigenvalue weighted by molar-refractivity contribution is 8.00. The van der Waals surface area contributed by atoms with Crippen LogP contribution in [0.25, 0.3) is 5.69 Å². The lowest BCUT2D eigenvalue weighted by molar-refractivity contribution is -0.149. The van der Waals surface area contributed by atoms with Gasteiger partial charge in [0, 0.05) is 16.0 Å². The molecule has 4 aliphatic rings. The number of rotatable bonds is 4. The lowest BCUT2D eigenvalue weighted by Crippen LogP contribution is -2.43. The van der Waals surface area contributed by atoms with E-state index in [9.17, 15) is 24.3 Å². The Morgan fingerprint density at radius 3 is 2.22 bits per heavy atom. The van der Waals surface area contributed by atoms with Crippen LogP contribution in [0.3, 0.4) is 0 Å². The average Bonchev–Trinajstić information content (AvgIpc) is 3.59. The molecule has 3 fully saturated rings. The maximum Gasteiger partial charge on any atom is 0.323 e. The molecule has 2 amide bonds. The standard InChI is InChI=1S/C27H22N2O5S2/c30-17(31)12-28-24(32)20-15-11-16(21(20)25(28)33)22-19(15)18(13-7-3-1-4-8-13)23-26(35-22)29(27(34)36-23)14-9-5-2-6-10-14/h1-10,15-16,18-22H,11-12H2,(H,30,31). The van der Waals surface area contributed by atoms with Crippen molar-refractivity contribution in [2.24, 2.45) is 29.6 Å². The molecule has 36 heavy (non-hydrogen) atoms. The molecule has 1 aromatic heterocycles. The molecule has 3 heterocycles. The highest BCUT2D eigenvalue weighted by Gasteiger charge is 2.69. The van der Waals surface area contributed by atoms with Gasteiger partial charge in [-0.3, -0.25) is 28.6 Å². The van der Waals surface area contributed by atoms with Crippen molar-refractivity contribution in [2.45, 2.75) is 22.6 Å². The van der Waals surface area contributed by atoms with Crippen LogP contribution in [0, 0.1) is 29.6 Å². The summed E-state index contributed by atoms with van der Waals surface area (Å²) in [5, 5.41) is 10.3. The van der Waals surface area contributed by atoms with E-state index in [0.717, 1.165) is 32.5 Å². The van der Waals surface area contributed by atoms with Gasteiger partial charge in [0.15, 0.2) is 0 Å². The lowest BCUT2D eigenvalue weighted by atomic mass is 9.68. The first kappa shape index (κ1) is 22.1. The number of amides is 2. The van der Waals surface area contributed by atoms with Crippen molar-refractivity contribution >= 4 is 40.9 Å². The van der Waals surface area contributed by atoms with E-state index in [1.807, 2.05) is 48.5 Å². The number of carboxylic acids is 1. The quantitative estimate of drug-likeness (QED) is 0.532. The smallest absolute Gasteiger partial charge is 0.323 e. The molecule has 182 valence electrons. The number of carboxylic acid groups (broad SMARTS) is 1. The Hall–Kier alpha value is -3.17. The Bertz CT molecular complexity index is 1470. The first-order valence-electron chi connectivity index (χ1n) is 12.1. The summed E-state index contributed by atoms with van der Waals surface area (Å²) < 4.78 is 1.79. The molecule has 2 aliphatic heterocycles. The molecule has 0 radical (unpaired) electrons. The number of nitrogens with zero attached hydrogens (tertiary/aromatic N) is 2. The van der Waals surface area contributed by atoms with Gasteiger partial charge in [-0.15, -0.1) is 11.8 Å². The van der Waals surface area contributed by atoms with Crippen LogP contribution < -0.4 is 4.87 Å². The second-order valence-electron chi connectivity index (χ2n) is 10.0. The molecule has 1 N–H and O–H groups in total. The molecular weight excluding hydrogens is 496 g/mol. The maximum absolute atomic E-state index is 13.3. The zero-order valence-corrected chi connectivity index (χ0v) is 20.7. The molecular formula is C27H22N2O5S2. The van der Waals surface area contributed by atoms with Crippen LogP contribution in [-0.4, -0.2) is 44.2 Å². The Labute approximate surface area is 214 Å². The summed E-state index contributed by atoms with van der Waals surface area (Å²) >= 11 is 2.95. The third kappa shape index (κ3) is 2.93. The van der Waals surface area contributed by atoms with Crippen molar-refractivity contribution in [2.75, 3.05) is 6.54 Å². The number of hydrogen-bond acceptors (Lipinski definition) is 6. The number of imide groups is 1. The van der Waals surface area contributed by atoms with Gasteiger partial charge in [-0.05, 0) is 41.9 Å². The minimum absolute atomic E-state index is 0.0199. The summed E-state index contributed by atoms with van der Waals surface area (Å²) in [5.74, 6) is -2.79. The number of carbonyl (C=O) groups excluding carboxylic acids is 2. The highest BCUT2D eigenvalue weighted by atomic mass is 32.2. The first-order chi connectivity index (χ1) is 17.5. The third-order valence-electron chi connectivity index (χ3n) is 8.43. The number of thiazole rings is 1. The van der Waals surface area contributed by atoms with Gasteiger partial charge in [0.2, 0.25) is 11.8 Å². The van der Waals surface area contributed by atoms with E-state index in [-0.39, 0.29) is 45.6 Å². The fraction of sp³-hybridized carbons (Fsp3) is 0.333. The molecule has 2 bridgehead atoms. The molecule has 7 nitrogen and oxygen atoms in total. The molecule has 1 saturated heterocycles. The number of para-hydroxylation sites is 1. The summed E-state index contributed by atoms with van der Waals surface area (Å²) in [6, 6.07) is 19.7. The molecule has 2 saturated carbocycles. The molecule has 9 heteroatoms. The van der Waals surface area contributed by atoms with Crippen molar-refractivity contribution < 1.29 is 19.5 Å². The van der Waals surface area contributed by atoms with Crippen LogP contribution in [0.2, 0.25) is 0 Å².